The Labute approximate surface area is 207 Å². The van der Waals surface area contributed by atoms with Crippen molar-refractivity contribution in [1.29, 1.82) is 0 Å². The molecule has 1 aliphatic carbocycles. The van der Waals surface area contributed by atoms with E-state index in [1.54, 1.807) is 7.11 Å². The van der Waals surface area contributed by atoms with Crippen LogP contribution in [0.15, 0.2) is 52.1 Å². The van der Waals surface area contributed by atoms with Crippen molar-refractivity contribution in [3.63, 3.8) is 0 Å². The number of carbonyl (C=O) groups is 1. The summed E-state index contributed by atoms with van der Waals surface area (Å²) in [5.41, 5.74) is 0.991. The van der Waals surface area contributed by atoms with Gasteiger partial charge < -0.3 is 9.15 Å². The summed E-state index contributed by atoms with van der Waals surface area (Å²) in [6.07, 6.45) is 2.47. The number of benzene rings is 2. The predicted octanol–water partition coefficient (Wildman–Crippen LogP) is 5.95. The summed E-state index contributed by atoms with van der Waals surface area (Å²) in [5, 5.41) is 0.706. The lowest BCUT2D eigenvalue weighted by Crippen LogP contribution is -2.24. The Morgan fingerprint density at radius 2 is 2.11 bits per heavy atom. The number of aldehydes is 1. The normalized spacial score (nSPS) is 13.7. The van der Waals surface area contributed by atoms with Gasteiger partial charge >= 0.3 is 0 Å². The van der Waals surface area contributed by atoms with Crippen molar-refractivity contribution in [1.82, 2.24) is 14.5 Å². The molecule has 0 radical (unpaired) electrons. The monoisotopic (exact) mass is 507 g/mol. The molecular weight excluding hydrogens is 488 g/mol. The fraction of sp³-hybridized carbons (Fsp3) is 0.231. The Bertz CT molecular complexity index is 1690. The SMILES string of the molecule is COc1ccc(-c2nc3sc4c(C=O)c(C(F)F)ccc4c3c(=O)n2Cc2cnco2)c(C2CC2)c1. The lowest BCUT2D eigenvalue weighted by atomic mass is 10.0. The van der Waals surface area contributed by atoms with Crippen molar-refractivity contribution in [2.75, 3.05) is 7.11 Å². The van der Waals surface area contributed by atoms with Crippen LogP contribution in [0, 0.1) is 0 Å². The molecule has 0 saturated heterocycles. The highest BCUT2D eigenvalue weighted by atomic mass is 32.1. The number of rotatable bonds is 7. The van der Waals surface area contributed by atoms with Crippen molar-refractivity contribution in [3.8, 4) is 17.1 Å². The van der Waals surface area contributed by atoms with E-state index in [0.717, 1.165) is 35.3 Å². The number of hydrogen-bond acceptors (Lipinski definition) is 7. The quantitative estimate of drug-likeness (QED) is 0.253. The number of aromatic nitrogens is 3. The smallest absolute Gasteiger partial charge is 0.264 e. The van der Waals surface area contributed by atoms with Crippen molar-refractivity contribution >= 4 is 37.9 Å². The number of alkyl halides is 2. The van der Waals surface area contributed by atoms with Crippen LogP contribution in [0.2, 0.25) is 0 Å². The van der Waals surface area contributed by atoms with Crippen LogP contribution in [0.5, 0.6) is 5.75 Å². The maximum absolute atomic E-state index is 14.0. The van der Waals surface area contributed by atoms with Crippen LogP contribution in [0.25, 0.3) is 31.7 Å². The predicted molar refractivity (Wildman–Crippen MR) is 131 cm³/mol. The van der Waals surface area contributed by atoms with Crippen LogP contribution in [-0.4, -0.2) is 27.9 Å². The minimum atomic E-state index is -2.81. The van der Waals surface area contributed by atoms with Gasteiger partial charge in [0.05, 0.1) is 25.2 Å². The van der Waals surface area contributed by atoms with Crippen molar-refractivity contribution < 1.29 is 22.7 Å². The molecule has 1 saturated carbocycles. The van der Waals surface area contributed by atoms with E-state index in [0.29, 0.717) is 44.5 Å². The second kappa shape index (κ2) is 8.63. The summed E-state index contributed by atoms with van der Waals surface area (Å²) in [6, 6.07) is 8.34. The molecule has 0 unspecified atom stereocenters. The second-order valence-electron chi connectivity index (χ2n) is 8.67. The molecule has 1 aliphatic rings. The average Bonchev–Trinajstić information content (AvgIpc) is 3.47. The van der Waals surface area contributed by atoms with E-state index in [9.17, 15) is 18.4 Å². The first-order valence-electron chi connectivity index (χ1n) is 11.3. The molecule has 36 heavy (non-hydrogen) atoms. The van der Waals surface area contributed by atoms with Crippen LogP contribution >= 0.6 is 11.3 Å². The number of methoxy groups -OCH3 is 1. The Balaban J connectivity index is 1.68. The third-order valence-electron chi connectivity index (χ3n) is 6.50. The number of hydrogen-bond donors (Lipinski definition) is 0. The van der Waals surface area contributed by atoms with Crippen LogP contribution < -0.4 is 10.3 Å². The molecule has 0 atom stereocenters. The molecule has 0 amide bonds. The fourth-order valence-corrected chi connectivity index (χ4v) is 5.78. The molecule has 0 spiro atoms. The fourth-order valence-electron chi connectivity index (χ4n) is 4.60. The maximum atomic E-state index is 14.0. The van der Waals surface area contributed by atoms with E-state index in [2.05, 4.69) is 4.98 Å². The first kappa shape index (κ1) is 22.5. The van der Waals surface area contributed by atoms with E-state index in [4.69, 9.17) is 14.1 Å². The average molecular weight is 508 g/mol. The number of ether oxygens (including phenoxy) is 1. The molecule has 0 bridgehead atoms. The van der Waals surface area contributed by atoms with Gasteiger partial charge in [-0.3, -0.25) is 14.2 Å². The molecule has 1 fully saturated rings. The van der Waals surface area contributed by atoms with E-state index in [-0.39, 0.29) is 28.6 Å². The number of oxazole rings is 1. The first-order chi connectivity index (χ1) is 17.5. The number of thiophene rings is 1. The van der Waals surface area contributed by atoms with Gasteiger partial charge in [-0.25, -0.2) is 18.7 Å². The summed E-state index contributed by atoms with van der Waals surface area (Å²) < 4.78 is 39.8. The van der Waals surface area contributed by atoms with E-state index in [1.165, 1.54) is 29.3 Å². The summed E-state index contributed by atoms with van der Waals surface area (Å²) in [5.74, 6) is 1.94. The maximum Gasteiger partial charge on any atom is 0.264 e. The largest absolute Gasteiger partial charge is 0.497 e. The minimum Gasteiger partial charge on any atom is -0.497 e. The molecule has 0 aliphatic heterocycles. The van der Waals surface area contributed by atoms with E-state index < -0.39 is 6.43 Å². The second-order valence-corrected chi connectivity index (χ2v) is 9.67. The number of nitrogens with zero attached hydrogens (tertiary/aromatic N) is 3. The van der Waals surface area contributed by atoms with E-state index >= 15 is 0 Å². The first-order valence-corrected chi connectivity index (χ1v) is 12.1. The Morgan fingerprint density at radius 1 is 1.28 bits per heavy atom. The van der Waals surface area contributed by atoms with Crippen LogP contribution in [-0.2, 0) is 6.54 Å². The Hall–Kier alpha value is -3.92. The Morgan fingerprint density at radius 3 is 2.78 bits per heavy atom. The number of fused-ring (bicyclic) bond motifs is 3. The van der Waals surface area contributed by atoms with Crippen LogP contribution in [0.3, 0.4) is 0 Å². The topological polar surface area (TPSA) is 87.2 Å². The number of halogens is 2. The molecule has 3 aromatic heterocycles. The van der Waals surface area contributed by atoms with Gasteiger partial charge in [0.25, 0.3) is 12.0 Å². The summed E-state index contributed by atoms with van der Waals surface area (Å²) in [6.45, 7) is 0.0836. The van der Waals surface area contributed by atoms with E-state index in [1.807, 2.05) is 18.2 Å². The van der Waals surface area contributed by atoms with Gasteiger partial charge in [-0.1, -0.05) is 12.1 Å². The lowest BCUT2D eigenvalue weighted by Gasteiger charge is -2.15. The van der Waals surface area contributed by atoms with Crippen LogP contribution in [0.1, 0.15) is 52.4 Å². The zero-order chi connectivity index (χ0) is 25.0. The molecular formula is C26H19F2N3O4S. The molecule has 182 valence electrons. The minimum absolute atomic E-state index is 0.0836. The summed E-state index contributed by atoms with van der Waals surface area (Å²) in [7, 11) is 1.60. The van der Waals surface area contributed by atoms with Gasteiger partial charge in [0.2, 0.25) is 0 Å². The Kier molecular flexibility index (Phi) is 5.40. The molecule has 2 aromatic carbocycles. The zero-order valence-corrected chi connectivity index (χ0v) is 19.9. The van der Waals surface area contributed by atoms with Crippen LogP contribution in [0.4, 0.5) is 8.78 Å². The van der Waals surface area contributed by atoms with Crippen molar-refractivity contribution in [2.45, 2.75) is 31.7 Å². The third kappa shape index (κ3) is 3.60. The molecule has 10 heteroatoms. The number of carbonyl (C=O) groups excluding carboxylic acids is 1. The molecule has 3 heterocycles. The van der Waals surface area contributed by atoms with Gasteiger partial charge in [-0.15, -0.1) is 11.3 Å². The van der Waals surface area contributed by atoms with Gasteiger partial charge in [0.1, 0.15) is 22.2 Å². The molecule has 7 nitrogen and oxygen atoms in total. The molecule has 0 N–H and O–H groups in total. The molecule has 5 aromatic rings. The van der Waals surface area contributed by atoms with Gasteiger partial charge in [-0.2, -0.15) is 0 Å². The highest BCUT2D eigenvalue weighted by Gasteiger charge is 2.29. The van der Waals surface area contributed by atoms with Gasteiger partial charge in [0, 0.05) is 26.8 Å². The highest BCUT2D eigenvalue weighted by Crippen LogP contribution is 2.46. The standard InChI is InChI=1S/C26H19F2N3O4S/c1-34-14-4-5-17(19(8-14)13-2-3-13)24-30-25-21(26(33)31(24)10-15-9-29-12-35-15)18-7-6-16(23(27)28)20(11-32)22(18)36-25/h4-9,11-13,23H,2-3,10H2,1H3. The van der Waals surface area contributed by atoms with Crippen molar-refractivity contribution in [3.05, 3.63) is 75.7 Å². The summed E-state index contributed by atoms with van der Waals surface area (Å²) >= 11 is 1.07. The highest BCUT2D eigenvalue weighted by molar-refractivity contribution is 7.25. The molecule has 6 rings (SSSR count). The third-order valence-corrected chi connectivity index (χ3v) is 7.63. The van der Waals surface area contributed by atoms with Crippen molar-refractivity contribution in [2.24, 2.45) is 0 Å². The lowest BCUT2D eigenvalue weighted by molar-refractivity contribution is 0.111. The van der Waals surface area contributed by atoms with Gasteiger partial charge in [-0.05, 0) is 42.5 Å². The zero-order valence-electron chi connectivity index (χ0n) is 19.0. The van der Waals surface area contributed by atoms with Gasteiger partial charge in [0.15, 0.2) is 12.7 Å². The summed E-state index contributed by atoms with van der Waals surface area (Å²) in [4.78, 5) is 35.0.